The predicted octanol–water partition coefficient (Wildman–Crippen LogP) is 6.62. The number of nitrogens with zero attached hydrogens (tertiary/aromatic N) is 4. The molecule has 0 aliphatic carbocycles. The number of amides is 1. The van der Waals surface area contributed by atoms with E-state index in [1.807, 2.05) is 78.9 Å². The fourth-order valence-electron chi connectivity index (χ4n) is 6.83. The van der Waals surface area contributed by atoms with Crippen LogP contribution in [0.1, 0.15) is 43.2 Å². The number of fused-ring (bicyclic) bond motifs is 1. The number of nitro groups is 1. The molecule has 60 heavy (non-hydrogen) atoms. The van der Waals surface area contributed by atoms with E-state index in [2.05, 4.69) is 20.3 Å². The second-order valence-corrected chi connectivity index (χ2v) is 16.7. The highest BCUT2D eigenvalue weighted by atomic mass is 32.5. The molecule has 0 bridgehead atoms. The van der Waals surface area contributed by atoms with E-state index >= 15 is 0 Å². The number of aromatic nitrogens is 4. The average molecular weight is 857 g/mol. The number of imidazole rings is 1. The van der Waals surface area contributed by atoms with E-state index < -0.39 is 41.2 Å². The van der Waals surface area contributed by atoms with Gasteiger partial charge in [-0.15, -0.1) is 0 Å². The van der Waals surface area contributed by atoms with E-state index in [0.717, 1.165) is 16.7 Å². The number of hydrogen-bond donors (Lipinski definition) is 3. The smallest absolute Gasteiger partial charge is 0.378 e. The number of hydrogen-bond acceptors (Lipinski definition) is 13. The maximum Gasteiger partial charge on any atom is 0.378 e. The maximum atomic E-state index is 13.1. The first kappa shape index (κ1) is 42.1. The van der Waals surface area contributed by atoms with E-state index in [4.69, 9.17) is 39.8 Å². The van der Waals surface area contributed by atoms with E-state index in [1.54, 1.807) is 28.1 Å². The van der Waals surface area contributed by atoms with Gasteiger partial charge in [0.25, 0.3) is 11.2 Å². The molecule has 0 saturated carbocycles. The number of rotatable bonds is 16. The van der Waals surface area contributed by atoms with Crippen LogP contribution in [-0.4, -0.2) is 68.3 Å². The van der Waals surface area contributed by atoms with Gasteiger partial charge in [0, 0.05) is 36.3 Å². The normalized spacial score (nSPS) is 17.6. The number of aromatic amines is 1. The summed E-state index contributed by atoms with van der Waals surface area (Å²) in [5, 5.41) is 13.9. The first-order valence-electron chi connectivity index (χ1n) is 18.7. The minimum absolute atomic E-state index is 0.00537. The Kier molecular flexibility index (Phi) is 12.4. The van der Waals surface area contributed by atoms with Crippen LogP contribution in [0.25, 0.3) is 11.2 Å². The monoisotopic (exact) mass is 856 g/mol. The van der Waals surface area contributed by atoms with Gasteiger partial charge in [0.15, 0.2) is 11.2 Å². The van der Waals surface area contributed by atoms with E-state index in [9.17, 15) is 24.6 Å². The molecule has 312 valence electrons. The number of benzene rings is 4. The average Bonchev–Trinajstić information content (AvgIpc) is 3.85. The van der Waals surface area contributed by atoms with Crippen molar-refractivity contribution in [1.82, 2.24) is 19.5 Å². The highest BCUT2D eigenvalue weighted by Gasteiger charge is 2.45. The molecule has 1 saturated heterocycles. The van der Waals surface area contributed by atoms with Crippen LogP contribution in [0, 0.1) is 16.0 Å². The second-order valence-electron chi connectivity index (χ2n) is 14.0. The SMILES string of the molecule is COc1ccc(C(OC[C@H]2O[C@@H](n3cnc4c(=O)[nH]c(NC(=O)C(C)C)nc43)C[C@@H]2OP(O)(=S)Oc2ccc([N+](=O)[O-])cc2)(c2ccccc2)c2ccc(OC)cc2)cc1. The Hall–Kier alpha value is -6.01. The van der Waals surface area contributed by atoms with Crippen molar-refractivity contribution in [2.75, 3.05) is 26.1 Å². The fraction of sp³-hybridized carbons (Fsp3) is 0.268. The van der Waals surface area contributed by atoms with Gasteiger partial charge < -0.3 is 28.4 Å². The number of carbonyl (C=O) groups excluding carboxylic acids is 1. The molecule has 0 spiro atoms. The Balaban J connectivity index is 1.28. The summed E-state index contributed by atoms with van der Waals surface area (Å²) in [7, 11) is 3.17. The molecular formula is C41H41N6O11PS. The summed E-state index contributed by atoms with van der Waals surface area (Å²) in [5.74, 6) is 0.507. The number of non-ortho nitro benzene ring substituents is 1. The van der Waals surface area contributed by atoms with Crippen molar-refractivity contribution in [1.29, 1.82) is 0 Å². The van der Waals surface area contributed by atoms with Crippen LogP contribution >= 0.6 is 6.72 Å². The molecule has 4 aromatic carbocycles. The predicted molar refractivity (Wildman–Crippen MR) is 224 cm³/mol. The summed E-state index contributed by atoms with van der Waals surface area (Å²) in [6, 6.07) is 29.6. The molecule has 1 fully saturated rings. The van der Waals surface area contributed by atoms with Crippen LogP contribution in [0.5, 0.6) is 17.2 Å². The fourth-order valence-corrected chi connectivity index (χ4v) is 8.41. The summed E-state index contributed by atoms with van der Waals surface area (Å²) < 4.78 is 38.2. The second kappa shape index (κ2) is 17.7. The lowest BCUT2D eigenvalue weighted by atomic mass is 9.80. The number of ether oxygens (including phenoxy) is 4. The quantitative estimate of drug-likeness (QED) is 0.0405. The first-order valence-corrected chi connectivity index (χ1v) is 21.3. The molecule has 19 heteroatoms. The highest BCUT2D eigenvalue weighted by molar-refractivity contribution is 8.07. The molecule has 1 aliphatic rings. The minimum atomic E-state index is -4.13. The first-order chi connectivity index (χ1) is 28.8. The summed E-state index contributed by atoms with van der Waals surface area (Å²) in [4.78, 5) is 59.1. The molecule has 6 aromatic rings. The van der Waals surface area contributed by atoms with Crippen LogP contribution in [0.3, 0.4) is 0 Å². The third-order valence-corrected chi connectivity index (χ3v) is 11.3. The molecule has 3 N–H and O–H groups in total. The standard InChI is InChI=1S/C41H41N6O11PS/c1-25(2)38(48)44-40-43-37-36(39(49)45-40)42-24-46(37)35-22-33(58-59(52,60)57-32-20-14-29(15-21-32)47(50)51)34(56-35)23-55-41(26-8-6-5-7-9-26,27-10-16-30(53-3)17-11-27)28-12-18-31(54-4)19-13-28/h5-21,24-25,33-35H,22-23H2,1-4H3,(H,52,60)(H2,43,44,45,48,49)/t33-,34+,35+,59?/m0/s1. The van der Waals surface area contributed by atoms with Gasteiger partial charge in [0.1, 0.15) is 41.3 Å². The van der Waals surface area contributed by atoms with Crippen LogP contribution in [0.2, 0.25) is 0 Å². The molecule has 4 atom stereocenters. The molecule has 1 amide bonds. The third kappa shape index (κ3) is 8.94. The van der Waals surface area contributed by atoms with Gasteiger partial charge in [-0.3, -0.25) is 39.1 Å². The van der Waals surface area contributed by atoms with Gasteiger partial charge in [0.05, 0.1) is 32.1 Å². The van der Waals surface area contributed by atoms with Crippen LogP contribution < -0.4 is 24.9 Å². The van der Waals surface area contributed by atoms with Gasteiger partial charge in [0.2, 0.25) is 11.9 Å². The molecular weight excluding hydrogens is 816 g/mol. The zero-order valence-electron chi connectivity index (χ0n) is 32.8. The Bertz CT molecular complexity index is 2520. The Morgan fingerprint density at radius 1 is 0.983 bits per heavy atom. The number of methoxy groups -OCH3 is 2. The van der Waals surface area contributed by atoms with Crippen molar-refractivity contribution >= 4 is 47.2 Å². The molecule has 3 heterocycles. The lowest BCUT2D eigenvalue weighted by Crippen LogP contribution is -2.38. The van der Waals surface area contributed by atoms with E-state index in [-0.39, 0.29) is 53.4 Å². The number of nitro benzene ring substituents is 1. The van der Waals surface area contributed by atoms with Crippen molar-refractivity contribution in [3.05, 3.63) is 147 Å². The topological polar surface area (TPSA) is 211 Å². The number of anilines is 1. The Labute approximate surface area is 348 Å². The number of carbonyl (C=O) groups is 1. The van der Waals surface area contributed by atoms with E-state index in [1.165, 1.54) is 35.2 Å². The van der Waals surface area contributed by atoms with Crippen molar-refractivity contribution in [3.8, 4) is 17.2 Å². The lowest BCUT2D eigenvalue weighted by Gasteiger charge is -2.37. The van der Waals surface area contributed by atoms with Gasteiger partial charge >= 0.3 is 6.72 Å². The zero-order valence-corrected chi connectivity index (χ0v) is 34.5. The van der Waals surface area contributed by atoms with Gasteiger partial charge in [-0.1, -0.05) is 68.4 Å². The number of H-pyrrole nitrogens is 1. The Morgan fingerprint density at radius 3 is 2.13 bits per heavy atom. The Morgan fingerprint density at radius 2 is 1.57 bits per heavy atom. The van der Waals surface area contributed by atoms with Crippen LogP contribution in [-0.2, 0) is 36.2 Å². The maximum absolute atomic E-state index is 13.1. The summed E-state index contributed by atoms with van der Waals surface area (Å²) >= 11 is 5.50. The zero-order chi connectivity index (χ0) is 42.6. The van der Waals surface area contributed by atoms with Crippen LogP contribution in [0.15, 0.2) is 114 Å². The molecule has 0 radical (unpaired) electrons. The summed E-state index contributed by atoms with van der Waals surface area (Å²) in [6.45, 7) is -0.881. The van der Waals surface area contributed by atoms with Gasteiger partial charge in [-0.05, 0) is 53.1 Å². The van der Waals surface area contributed by atoms with Crippen molar-refractivity contribution in [2.45, 2.75) is 44.3 Å². The molecule has 2 aromatic heterocycles. The lowest BCUT2D eigenvalue weighted by molar-refractivity contribution is -0.384. The molecule has 1 aliphatic heterocycles. The van der Waals surface area contributed by atoms with Crippen molar-refractivity contribution in [3.63, 3.8) is 0 Å². The van der Waals surface area contributed by atoms with Crippen molar-refractivity contribution in [2.24, 2.45) is 5.92 Å². The van der Waals surface area contributed by atoms with Gasteiger partial charge in [-0.2, -0.15) is 4.98 Å². The summed E-state index contributed by atoms with van der Waals surface area (Å²) in [5.41, 5.74) is 0.361. The largest absolute Gasteiger partial charge is 0.497 e. The molecule has 17 nitrogen and oxygen atoms in total. The van der Waals surface area contributed by atoms with Gasteiger partial charge in [-0.25, -0.2) is 4.98 Å². The highest BCUT2D eigenvalue weighted by Crippen LogP contribution is 2.50. The molecule has 7 rings (SSSR count). The van der Waals surface area contributed by atoms with E-state index in [0.29, 0.717) is 11.5 Å². The summed E-state index contributed by atoms with van der Waals surface area (Å²) in [6.07, 6.45) is -1.43. The van der Waals surface area contributed by atoms with Crippen molar-refractivity contribution < 1.29 is 42.6 Å². The van der Waals surface area contributed by atoms with Crippen LogP contribution in [0.4, 0.5) is 11.6 Å². The third-order valence-electron chi connectivity index (χ3n) is 9.86. The minimum Gasteiger partial charge on any atom is -0.497 e. The molecule has 1 unspecified atom stereocenters. The number of nitrogens with one attached hydrogen (secondary N) is 2.